The molecule has 0 spiro atoms. The zero-order valence-corrected chi connectivity index (χ0v) is 16.5. The molecule has 2 N–H and O–H groups in total. The minimum absolute atomic E-state index is 0.244. The van der Waals surface area contributed by atoms with E-state index in [1.54, 1.807) is 17.6 Å². The average Bonchev–Trinajstić information content (AvgIpc) is 3.39. The number of aryl methyl sites for hydroxylation is 2. The largest absolute Gasteiger partial charge is 0.344 e. The number of benzene rings is 1. The molecular weight excluding hydrogens is 389 g/mol. The second-order valence-corrected chi connectivity index (χ2v) is 8.01. The van der Waals surface area contributed by atoms with Crippen molar-refractivity contribution in [2.24, 2.45) is 4.99 Å². The number of carbonyl (C=O) groups is 1. The fraction of sp³-hybridized carbons (Fsp3) is 0.143. The summed E-state index contributed by atoms with van der Waals surface area (Å²) in [7, 11) is 0. The Bertz CT molecular complexity index is 1320. The average molecular weight is 405 g/mol. The summed E-state index contributed by atoms with van der Waals surface area (Å²) in [5.41, 5.74) is 5.39. The molecule has 6 nitrogen and oxygen atoms in total. The Hall–Kier alpha value is -3.39. The van der Waals surface area contributed by atoms with Crippen molar-refractivity contribution in [2.45, 2.75) is 20.4 Å². The SMILES string of the molecule is Cc1cc2c(-c3cc4c(c(NC(=O)c5csc(C)n5)c3)C(F)=NC4)ccnc2[nH]1. The van der Waals surface area contributed by atoms with E-state index in [9.17, 15) is 9.18 Å². The molecule has 1 amide bonds. The van der Waals surface area contributed by atoms with Gasteiger partial charge in [-0.25, -0.2) is 9.97 Å². The molecule has 5 rings (SSSR count). The lowest BCUT2D eigenvalue weighted by molar-refractivity contribution is 0.102. The summed E-state index contributed by atoms with van der Waals surface area (Å²) in [6.45, 7) is 4.05. The molecule has 0 fully saturated rings. The maximum absolute atomic E-state index is 14.4. The number of nitrogens with zero attached hydrogens (tertiary/aromatic N) is 3. The van der Waals surface area contributed by atoms with E-state index in [0.29, 0.717) is 16.9 Å². The Balaban J connectivity index is 1.63. The Morgan fingerprint density at radius 1 is 1.28 bits per heavy atom. The highest BCUT2D eigenvalue weighted by atomic mass is 32.1. The van der Waals surface area contributed by atoms with Crippen LogP contribution in [0.25, 0.3) is 22.2 Å². The van der Waals surface area contributed by atoms with Crippen molar-refractivity contribution in [3.8, 4) is 11.1 Å². The first kappa shape index (κ1) is 17.7. The number of carbonyl (C=O) groups excluding carboxylic acids is 1. The molecule has 0 aliphatic carbocycles. The van der Waals surface area contributed by atoms with Crippen LogP contribution in [0.4, 0.5) is 10.1 Å². The summed E-state index contributed by atoms with van der Waals surface area (Å²) in [6.07, 6.45) is 1.73. The normalized spacial score (nSPS) is 12.9. The molecule has 1 aliphatic heterocycles. The second kappa shape index (κ2) is 6.59. The van der Waals surface area contributed by atoms with E-state index in [1.165, 1.54) is 11.3 Å². The van der Waals surface area contributed by atoms with Gasteiger partial charge in [0.15, 0.2) is 0 Å². The van der Waals surface area contributed by atoms with E-state index in [1.807, 2.05) is 32.0 Å². The lowest BCUT2D eigenvalue weighted by atomic mass is 9.97. The molecular formula is C21H16FN5OS. The number of nitrogens with one attached hydrogen (secondary N) is 2. The van der Waals surface area contributed by atoms with Gasteiger partial charge in [-0.15, -0.1) is 11.3 Å². The summed E-state index contributed by atoms with van der Waals surface area (Å²) in [6, 6.07) is 7.65. The number of fused-ring (bicyclic) bond motifs is 2. The highest BCUT2D eigenvalue weighted by Crippen LogP contribution is 2.36. The van der Waals surface area contributed by atoms with Gasteiger partial charge < -0.3 is 10.3 Å². The number of thiazole rings is 1. The molecule has 0 atom stereocenters. The van der Waals surface area contributed by atoms with Gasteiger partial charge in [0, 0.05) is 22.7 Å². The van der Waals surface area contributed by atoms with Crippen LogP contribution in [-0.2, 0) is 6.54 Å². The quantitative estimate of drug-likeness (QED) is 0.514. The minimum Gasteiger partial charge on any atom is -0.344 e. The van der Waals surface area contributed by atoms with Gasteiger partial charge >= 0.3 is 0 Å². The molecule has 0 radical (unpaired) electrons. The van der Waals surface area contributed by atoms with Crippen LogP contribution in [-0.4, -0.2) is 26.8 Å². The fourth-order valence-corrected chi connectivity index (χ4v) is 4.22. The van der Waals surface area contributed by atoms with Crippen molar-refractivity contribution in [3.05, 3.63) is 63.4 Å². The summed E-state index contributed by atoms with van der Waals surface area (Å²) in [5.74, 6) is -0.931. The third-order valence-electron chi connectivity index (χ3n) is 4.89. The Labute approximate surface area is 169 Å². The minimum atomic E-state index is -0.561. The third-order valence-corrected chi connectivity index (χ3v) is 5.67. The highest BCUT2D eigenvalue weighted by Gasteiger charge is 2.24. The number of aliphatic imine (C=N–C) groups is 1. The van der Waals surface area contributed by atoms with Gasteiger partial charge in [0.2, 0.25) is 5.97 Å². The van der Waals surface area contributed by atoms with Crippen LogP contribution in [0.15, 0.2) is 40.8 Å². The summed E-state index contributed by atoms with van der Waals surface area (Å²) >= 11 is 1.39. The maximum atomic E-state index is 14.4. The van der Waals surface area contributed by atoms with Crippen LogP contribution >= 0.6 is 11.3 Å². The lowest BCUT2D eigenvalue weighted by Crippen LogP contribution is -2.15. The molecule has 29 heavy (non-hydrogen) atoms. The molecule has 4 heterocycles. The number of halogens is 1. The maximum Gasteiger partial charge on any atom is 0.275 e. The van der Waals surface area contributed by atoms with Gasteiger partial charge in [-0.2, -0.15) is 4.39 Å². The fourth-order valence-electron chi connectivity index (χ4n) is 3.62. The molecule has 0 saturated carbocycles. The number of hydrogen-bond donors (Lipinski definition) is 2. The van der Waals surface area contributed by atoms with Crippen molar-refractivity contribution in [3.63, 3.8) is 0 Å². The summed E-state index contributed by atoms with van der Waals surface area (Å²) in [4.78, 5) is 28.4. The van der Waals surface area contributed by atoms with Crippen molar-refractivity contribution >= 4 is 39.9 Å². The number of rotatable bonds is 3. The number of amides is 1. The summed E-state index contributed by atoms with van der Waals surface area (Å²) < 4.78 is 14.4. The van der Waals surface area contributed by atoms with Gasteiger partial charge in [-0.05, 0) is 54.8 Å². The van der Waals surface area contributed by atoms with E-state index in [2.05, 4.69) is 25.3 Å². The second-order valence-electron chi connectivity index (χ2n) is 6.94. The van der Waals surface area contributed by atoms with Crippen LogP contribution in [0, 0.1) is 13.8 Å². The predicted octanol–water partition coefficient (Wildman–Crippen LogP) is 4.79. The monoisotopic (exact) mass is 405 g/mol. The van der Waals surface area contributed by atoms with Crippen molar-refractivity contribution in [2.75, 3.05) is 5.32 Å². The summed E-state index contributed by atoms with van der Waals surface area (Å²) in [5, 5.41) is 6.28. The molecule has 3 aromatic heterocycles. The number of hydrogen-bond acceptors (Lipinski definition) is 5. The molecule has 0 saturated heterocycles. The van der Waals surface area contributed by atoms with Crippen molar-refractivity contribution < 1.29 is 9.18 Å². The Kier molecular flexibility index (Phi) is 4.02. The number of anilines is 1. The lowest BCUT2D eigenvalue weighted by Gasteiger charge is -2.13. The van der Waals surface area contributed by atoms with Crippen LogP contribution in [0.1, 0.15) is 32.3 Å². The topological polar surface area (TPSA) is 83.0 Å². The van der Waals surface area contributed by atoms with E-state index in [4.69, 9.17) is 0 Å². The smallest absolute Gasteiger partial charge is 0.275 e. The zero-order valence-electron chi connectivity index (χ0n) is 15.7. The van der Waals surface area contributed by atoms with Gasteiger partial charge in [-0.1, -0.05) is 0 Å². The van der Waals surface area contributed by atoms with Crippen molar-refractivity contribution in [1.29, 1.82) is 0 Å². The first-order valence-corrected chi connectivity index (χ1v) is 9.93. The number of H-pyrrole nitrogens is 1. The molecule has 144 valence electrons. The molecule has 0 bridgehead atoms. The zero-order chi connectivity index (χ0) is 20.1. The van der Waals surface area contributed by atoms with Crippen molar-refractivity contribution in [1.82, 2.24) is 15.0 Å². The third kappa shape index (κ3) is 3.01. The van der Waals surface area contributed by atoms with Gasteiger partial charge in [0.1, 0.15) is 11.3 Å². The molecule has 0 unspecified atom stereocenters. The van der Waals surface area contributed by atoms with E-state index in [0.717, 1.165) is 38.4 Å². The standard InChI is InChI=1S/C21H16FN5OS/c1-10-5-15-14(3-4-23-20(15)25-10)12-6-13-8-24-19(22)18(13)16(7-12)27-21(28)17-9-29-11(2)26-17/h3-7,9H,8H2,1-2H3,(H,23,25)(H,27,28). The van der Waals surface area contributed by atoms with Crippen LogP contribution in [0.2, 0.25) is 0 Å². The highest BCUT2D eigenvalue weighted by molar-refractivity contribution is 7.09. The molecule has 8 heteroatoms. The Morgan fingerprint density at radius 2 is 2.14 bits per heavy atom. The van der Waals surface area contributed by atoms with Gasteiger partial charge in [0.05, 0.1) is 22.8 Å². The van der Waals surface area contributed by atoms with Gasteiger partial charge in [-0.3, -0.25) is 9.79 Å². The number of aromatic amines is 1. The van der Waals surface area contributed by atoms with Crippen LogP contribution in [0.3, 0.4) is 0 Å². The van der Waals surface area contributed by atoms with Crippen LogP contribution < -0.4 is 5.32 Å². The van der Waals surface area contributed by atoms with E-state index >= 15 is 0 Å². The number of aromatic nitrogens is 3. The Morgan fingerprint density at radius 3 is 2.93 bits per heavy atom. The molecule has 1 aliphatic rings. The van der Waals surface area contributed by atoms with E-state index < -0.39 is 5.97 Å². The molecule has 1 aromatic carbocycles. The van der Waals surface area contributed by atoms with E-state index in [-0.39, 0.29) is 12.5 Å². The predicted molar refractivity (Wildman–Crippen MR) is 112 cm³/mol. The van der Waals surface area contributed by atoms with Crippen LogP contribution in [0.5, 0.6) is 0 Å². The first-order valence-electron chi connectivity index (χ1n) is 9.05. The molecule has 4 aromatic rings. The van der Waals surface area contributed by atoms with Gasteiger partial charge in [0.25, 0.3) is 5.91 Å². The first-order chi connectivity index (χ1) is 14.0. The number of pyridine rings is 1.